The number of unbranched alkanes of at least 4 members (excludes halogenated alkanes) is 3. The maximum Gasteiger partial charge on any atom is 0.338 e. The quantitative estimate of drug-likeness (QED) is 0.755. The monoisotopic (exact) mass is 288 g/mol. The van der Waals surface area contributed by atoms with E-state index < -0.39 is 5.97 Å². The molecule has 0 saturated carbocycles. The number of hydrogen-bond acceptors (Lipinski definition) is 3. The summed E-state index contributed by atoms with van der Waals surface area (Å²) in [5.41, 5.74) is 0.979. The van der Waals surface area contributed by atoms with Gasteiger partial charge in [-0.1, -0.05) is 26.2 Å². The van der Waals surface area contributed by atoms with Gasteiger partial charge in [0, 0.05) is 6.20 Å². The Kier molecular flexibility index (Phi) is 5.37. The molecule has 0 aliphatic carbocycles. The first kappa shape index (κ1) is 15.1. The van der Waals surface area contributed by atoms with Crippen molar-refractivity contribution in [1.29, 1.82) is 0 Å². The predicted octanol–water partition coefficient (Wildman–Crippen LogP) is 3.53. The Morgan fingerprint density at radius 1 is 1.24 bits per heavy atom. The highest BCUT2D eigenvalue weighted by molar-refractivity contribution is 5.86. The number of carbonyl (C=O) groups is 1. The highest BCUT2D eigenvalue weighted by Crippen LogP contribution is 2.16. The molecule has 0 saturated heterocycles. The van der Waals surface area contributed by atoms with E-state index in [-0.39, 0.29) is 5.56 Å². The summed E-state index contributed by atoms with van der Waals surface area (Å²) in [6.45, 7) is 2.91. The highest BCUT2D eigenvalue weighted by atomic mass is 16.5. The fraction of sp³-hybridized carbons (Fsp3) is 0.375. The number of hydrogen-bond donors (Lipinski definition) is 1. The lowest BCUT2D eigenvalue weighted by Gasteiger charge is -2.07. The molecule has 0 aliphatic rings. The molecule has 112 valence electrons. The predicted molar refractivity (Wildman–Crippen MR) is 80.2 cm³/mol. The maximum absolute atomic E-state index is 10.8. The van der Waals surface area contributed by atoms with Crippen LogP contribution in [0.4, 0.5) is 0 Å². The second-order valence-corrected chi connectivity index (χ2v) is 4.88. The van der Waals surface area contributed by atoms with E-state index in [1.807, 2.05) is 24.3 Å². The Bertz CT molecular complexity index is 575. The average Bonchev–Trinajstić information content (AvgIpc) is 2.98. The molecule has 0 bridgehead atoms. The zero-order valence-corrected chi connectivity index (χ0v) is 12.2. The molecule has 0 unspecified atom stereocenters. The molecule has 1 aromatic carbocycles. The maximum atomic E-state index is 10.8. The van der Waals surface area contributed by atoms with Crippen LogP contribution < -0.4 is 4.74 Å². The fourth-order valence-corrected chi connectivity index (χ4v) is 1.99. The Hall–Kier alpha value is -2.30. The fourth-order valence-electron chi connectivity index (χ4n) is 1.99. The molecular weight excluding hydrogens is 268 g/mol. The lowest BCUT2D eigenvalue weighted by molar-refractivity contribution is 0.0697. The molecule has 0 atom stereocenters. The highest BCUT2D eigenvalue weighted by Gasteiger charge is 2.07. The molecule has 2 rings (SSSR count). The minimum absolute atomic E-state index is 0.172. The van der Waals surface area contributed by atoms with E-state index in [1.54, 1.807) is 0 Å². The van der Waals surface area contributed by atoms with E-state index in [9.17, 15) is 4.79 Å². The van der Waals surface area contributed by atoms with Gasteiger partial charge >= 0.3 is 5.97 Å². The van der Waals surface area contributed by atoms with Crippen LogP contribution in [0.2, 0.25) is 0 Å². The average molecular weight is 288 g/mol. The van der Waals surface area contributed by atoms with Crippen LogP contribution >= 0.6 is 0 Å². The van der Waals surface area contributed by atoms with Crippen LogP contribution in [0.25, 0.3) is 5.69 Å². The zero-order valence-electron chi connectivity index (χ0n) is 12.2. The van der Waals surface area contributed by atoms with Crippen molar-refractivity contribution in [2.45, 2.75) is 32.6 Å². The van der Waals surface area contributed by atoms with Gasteiger partial charge in [-0.15, -0.1) is 0 Å². The Morgan fingerprint density at radius 3 is 2.62 bits per heavy atom. The summed E-state index contributed by atoms with van der Waals surface area (Å²) in [6.07, 6.45) is 7.55. The van der Waals surface area contributed by atoms with E-state index >= 15 is 0 Å². The molecule has 0 fully saturated rings. The number of rotatable bonds is 8. The number of aromatic carboxylic acids is 1. The first-order valence-corrected chi connectivity index (χ1v) is 7.22. The number of aromatic nitrogens is 2. The number of carboxylic acids is 1. The van der Waals surface area contributed by atoms with Gasteiger partial charge in [0.15, 0.2) is 0 Å². The van der Waals surface area contributed by atoms with E-state index in [0.717, 1.165) is 24.5 Å². The molecular formula is C16H20N2O3. The summed E-state index contributed by atoms with van der Waals surface area (Å²) < 4.78 is 7.20. The largest absolute Gasteiger partial charge is 0.494 e. The first-order valence-electron chi connectivity index (χ1n) is 7.22. The van der Waals surface area contributed by atoms with E-state index in [4.69, 9.17) is 9.84 Å². The van der Waals surface area contributed by atoms with Crippen molar-refractivity contribution in [3.8, 4) is 11.4 Å². The molecule has 0 amide bonds. The lowest BCUT2D eigenvalue weighted by Crippen LogP contribution is -1.98. The van der Waals surface area contributed by atoms with Crippen molar-refractivity contribution >= 4 is 5.97 Å². The van der Waals surface area contributed by atoms with Crippen LogP contribution in [-0.2, 0) is 0 Å². The number of benzene rings is 1. The number of carboxylic acid groups (broad SMARTS) is 1. The van der Waals surface area contributed by atoms with Gasteiger partial charge in [0.05, 0.1) is 24.1 Å². The molecule has 5 nitrogen and oxygen atoms in total. The van der Waals surface area contributed by atoms with E-state index in [1.165, 1.54) is 36.3 Å². The molecule has 1 N–H and O–H groups in total. The van der Waals surface area contributed by atoms with Gasteiger partial charge in [-0.25, -0.2) is 9.48 Å². The third-order valence-electron chi connectivity index (χ3n) is 3.20. The van der Waals surface area contributed by atoms with Gasteiger partial charge < -0.3 is 9.84 Å². The number of ether oxygens (including phenoxy) is 1. The van der Waals surface area contributed by atoms with Crippen LogP contribution in [0, 0.1) is 0 Å². The van der Waals surface area contributed by atoms with Crippen LogP contribution in [0.1, 0.15) is 43.0 Å². The third kappa shape index (κ3) is 4.34. The van der Waals surface area contributed by atoms with Gasteiger partial charge in [-0.05, 0) is 30.7 Å². The van der Waals surface area contributed by atoms with Gasteiger partial charge in [0.1, 0.15) is 5.75 Å². The molecule has 0 radical (unpaired) electrons. The molecule has 21 heavy (non-hydrogen) atoms. The second-order valence-electron chi connectivity index (χ2n) is 4.88. The van der Waals surface area contributed by atoms with Crippen molar-refractivity contribution in [2.24, 2.45) is 0 Å². The van der Waals surface area contributed by atoms with Gasteiger partial charge in [0.25, 0.3) is 0 Å². The SMILES string of the molecule is CCCCCCOc1ccc(-n2cc(C(=O)O)cn2)cc1. The standard InChI is InChI=1S/C16H20N2O3/c1-2-3-4-5-10-21-15-8-6-14(7-9-15)18-12-13(11-17-18)16(19)20/h6-9,11-12H,2-5,10H2,1H3,(H,19,20). The van der Waals surface area contributed by atoms with Gasteiger partial charge in [-0.2, -0.15) is 5.10 Å². The van der Waals surface area contributed by atoms with Crippen molar-refractivity contribution in [2.75, 3.05) is 6.61 Å². The lowest BCUT2D eigenvalue weighted by atomic mass is 10.2. The molecule has 5 heteroatoms. The minimum Gasteiger partial charge on any atom is -0.494 e. The molecule has 1 aromatic heterocycles. The summed E-state index contributed by atoms with van der Waals surface area (Å²) in [4.78, 5) is 10.8. The summed E-state index contributed by atoms with van der Waals surface area (Å²) >= 11 is 0. The molecule has 0 aliphatic heterocycles. The van der Waals surface area contributed by atoms with Gasteiger partial charge in [0.2, 0.25) is 0 Å². The third-order valence-corrected chi connectivity index (χ3v) is 3.20. The van der Waals surface area contributed by atoms with Crippen molar-refractivity contribution in [3.63, 3.8) is 0 Å². The van der Waals surface area contributed by atoms with Crippen LogP contribution in [-0.4, -0.2) is 27.5 Å². The number of nitrogens with zero attached hydrogens (tertiary/aromatic N) is 2. The Balaban J connectivity index is 1.90. The molecule has 1 heterocycles. The summed E-state index contributed by atoms with van der Waals surface area (Å²) in [5, 5.41) is 12.9. The smallest absolute Gasteiger partial charge is 0.338 e. The first-order chi connectivity index (χ1) is 10.2. The van der Waals surface area contributed by atoms with Crippen LogP contribution in [0.5, 0.6) is 5.75 Å². The van der Waals surface area contributed by atoms with Gasteiger partial charge in [-0.3, -0.25) is 0 Å². The summed E-state index contributed by atoms with van der Waals surface area (Å²) in [5.74, 6) is -0.158. The Morgan fingerprint density at radius 2 is 2.00 bits per heavy atom. The summed E-state index contributed by atoms with van der Waals surface area (Å²) in [6, 6.07) is 7.47. The van der Waals surface area contributed by atoms with Crippen LogP contribution in [0.3, 0.4) is 0 Å². The van der Waals surface area contributed by atoms with Crippen LogP contribution in [0.15, 0.2) is 36.7 Å². The van der Waals surface area contributed by atoms with Crippen molar-refractivity contribution in [3.05, 3.63) is 42.2 Å². The molecule has 0 spiro atoms. The summed E-state index contributed by atoms with van der Waals surface area (Å²) in [7, 11) is 0. The van der Waals surface area contributed by atoms with Crippen molar-refractivity contribution < 1.29 is 14.6 Å². The Labute approximate surface area is 124 Å². The topological polar surface area (TPSA) is 64.3 Å². The van der Waals surface area contributed by atoms with Crippen molar-refractivity contribution in [1.82, 2.24) is 9.78 Å². The second kappa shape index (κ2) is 7.47. The van der Waals surface area contributed by atoms with E-state index in [0.29, 0.717) is 0 Å². The molecule has 2 aromatic rings. The van der Waals surface area contributed by atoms with E-state index in [2.05, 4.69) is 12.0 Å². The zero-order chi connectivity index (χ0) is 15.1. The normalized spacial score (nSPS) is 10.5. The minimum atomic E-state index is -0.978.